The molecule has 27 heavy (non-hydrogen) atoms. The zero-order valence-electron chi connectivity index (χ0n) is 15.9. The maximum Gasteiger partial charge on any atom is 0.325 e. The van der Waals surface area contributed by atoms with Crippen LogP contribution in [0, 0.1) is 0 Å². The highest BCUT2D eigenvalue weighted by molar-refractivity contribution is 8.00. The summed E-state index contributed by atoms with van der Waals surface area (Å²) in [5.41, 5.74) is 0. The molecule has 156 valence electrons. The first kappa shape index (κ1) is 22.5. The zero-order valence-corrected chi connectivity index (χ0v) is 17.7. The van der Waals surface area contributed by atoms with Crippen molar-refractivity contribution in [3.05, 3.63) is 0 Å². The third kappa shape index (κ3) is 8.85. The number of carbonyl (C=O) groups is 2. The minimum absolute atomic E-state index is 0.0547. The number of hydrogen-bond acceptors (Lipinski definition) is 5. The molecule has 0 aromatic carbocycles. The largest absolute Gasteiger partial charge is 0.356 e. The standard InChI is InChI=1S/C17H32N3O5PS/c1-26(23,24)25-11-7-3-2-6-10-18-15(21)9-5-4-8-14-16-13(12-27-14)19-17(22)20-16/h13-14,16H,2-12H2,1H3,(H,18,21)(H,23,24)(H2,19,20,22). The molecule has 2 fully saturated rings. The van der Waals surface area contributed by atoms with Gasteiger partial charge in [-0.1, -0.05) is 19.3 Å². The second kappa shape index (κ2) is 11.3. The van der Waals surface area contributed by atoms with Crippen LogP contribution in [0.3, 0.4) is 0 Å². The van der Waals surface area contributed by atoms with Gasteiger partial charge in [-0.25, -0.2) is 4.79 Å². The first-order valence-electron chi connectivity index (χ1n) is 9.75. The Kier molecular flexibility index (Phi) is 9.42. The van der Waals surface area contributed by atoms with E-state index in [4.69, 9.17) is 9.42 Å². The van der Waals surface area contributed by atoms with Crippen molar-refractivity contribution < 1.29 is 23.6 Å². The highest BCUT2D eigenvalue weighted by Gasteiger charge is 2.42. The second-order valence-corrected chi connectivity index (χ2v) is 10.4. The molecule has 2 aliphatic heterocycles. The van der Waals surface area contributed by atoms with Crippen LogP contribution in [0.1, 0.15) is 51.4 Å². The van der Waals surface area contributed by atoms with Crippen molar-refractivity contribution in [3.63, 3.8) is 0 Å². The van der Waals surface area contributed by atoms with Gasteiger partial charge in [-0.3, -0.25) is 9.36 Å². The number of carbonyl (C=O) groups excluding carboxylic acids is 2. The van der Waals surface area contributed by atoms with Gasteiger partial charge < -0.3 is 25.4 Å². The van der Waals surface area contributed by atoms with Crippen LogP contribution >= 0.6 is 19.4 Å². The SMILES string of the molecule is CP(=O)(O)OCCCCCCNC(=O)CCCCC1SCC2NC(=O)NC21. The first-order chi connectivity index (χ1) is 12.8. The summed E-state index contributed by atoms with van der Waals surface area (Å²) >= 11 is 1.91. The molecule has 2 rings (SSSR count). The monoisotopic (exact) mass is 421 g/mol. The molecule has 2 heterocycles. The van der Waals surface area contributed by atoms with E-state index in [9.17, 15) is 14.2 Å². The van der Waals surface area contributed by atoms with Crippen LogP contribution in [0.15, 0.2) is 0 Å². The normalized spacial score (nSPS) is 26.1. The molecule has 0 aromatic heterocycles. The van der Waals surface area contributed by atoms with Gasteiger partial charge in [0.2, 0.25) is 5.91 Å². The van der Waals surface area contributed by atoms with Gasteiger partial charge in [-0.15, -0.1) is 0 Å². The summed E-state index contributed by atoms with van der Waals surface area (Å²) in [7, 11) is -3.35. The molecular formula is C17H32N3O5PS. The summed E-state index contributed by atoms with van der Waals surface area (Å²) in [5.74, 6) is 1.07. The van der Waals surface area contributed by atoms with Crippen molar-refractivity contribution in [3.8, 4) is 0 Å². The van der Waals surface area contributed by atoms with Crippen LogP contribution in [-0.4, -0.2) is 59.7 Å². The van der Waals surface area contributed by atoms with Gasteiger partial charge in [0.05, 0.1) is 18.7 Å². The van der Waals surface area contributed by atoms with Crippen LogP contribution in [-0.2, 0) is 13.9 Å². The number of thioether (sulfide) groups is 1. The lowest BCUT2D eigenvalue weighted by molar-refractivity contribution is -0.121. The second-order valence-electron chi connectivity index (χ2n) is 7.27. The van der Waals surface area contributed by atoms with E-state index in [1.165, 1.54) is 6.66 Å². The summed E-state index contributed by atoms with van der Waals surface area (Å²) in [6.07, 6.45) is 6.99. The van der Waals surface area contributed by atoms with Crippen molar-refractivity contribution in [2.24, 2.45) is 0 Å². The van der Waals surface area contributed by atoms with Crippen molar-refractivity contribution >= 4 is 31.3 Å². The molecule has 2 saturated heterocycles. The highest BCUT2D eigenvalue weighted by Crippen LogP contribution is 2.36. The highest BCUT2D eigenvalue weighted by atomic mass is 32.2. The Hall–Kier alpha value is -0.760. The number of nitrogens with one attached hydrogen (secondary N) is 3. The first-order valence-corrected chi connectivity index (χ1v) is 12.8. The Morgan fingerprint density at radius 1 is 1.26 bits per heavy atom. The van der Waals surface area contributed by atoms with Crippen LogP contribution < -0.4 is 16.0 Å². The maximum absolute atomic E-state index is 11.8. The van der Waals surface area contributed by atoms with E-state index >= 15 is 0 Å². The lowest BCUT2D eigenvalue weighted by Gasteiger charge is -2.16. The van der Waals surface area contributed by atoms with E-state index < -0.39 is 7.60 Å². The minimum atomic E-state index is -3.35. The van der Waals surface area contributed by atoms with E-state index in [1.807, 2.05) is 11.8 Å². The zero-order chi connectivity index (χ0) is 19.7. The molecule has 0 spiro atoms. The number of rotatable bonds is 13. The summed E-state index contributed by atoms with van der Waals surface area (Å²) in [6, 6.07) is 0.446. The maximum atomic E-state index is 11.8. The van der Waals surface area contributed by atoms with Gasteiger partial charge in [-0.2, -0.15) is 11.8 Å². The number of hydrogen-bond donors (Lipinski definition) is 4. The van der Waals surface area contributed by atoms with Crippen LogP contribution in [0.5, 0.6) is 0 Å². The van der Waals surface area contributed by atoms with Crippen molar-refractivity contribution in [2.75, 3.05) is 25.6 Å². The molecular weight excluding hydrogens is 389 g/mol. The van der Waals surface area contributed by atoms with Gasteiger partial charge in [0.25, 0.3) is 0 Å². The van der Waals surface area contributed by atoms with Gasteiger partial charge in [0.15, 0.2) is 0 Å². The van der Waals surface area contributed by atoms with Gasteiger partial charge in [-0.05, 0) is 25.7 Å². The Morgan fingerprint density at radius 2 is 2.04 bits per heavy atom. The summed E-state index contributed by atoms with van der Waals surface area (Å²) in [4.78, 5) is 32.2. The minimum Gasteiger partial charge on any atom is -0.356 e. The van der Waals surface area contributed by atoms with E-state index in [0.717, 1.165) is 50.7 Å². The third-order valence-corrected chi connectivity index (χ3v) is 6.98. The average Bonchev–Trinajstić information content (AvgIpc) is 3.12. The summed E-state index contributed by atoms with van der Waals surface area (Å²) < 4.78 is 15.7. The van der Waals surface area contributed by atoms with Gasteiger partial charge in [0.1, 0.15) is 0 Å². The fourth-order valence-electron chi connectivity index (χ4n) is 3.40. The van der Waals surface area contributed by atoms with Crippen molar-refractivity contribution in [1.82, 2.24) is 16.0 Å². The topological polar surface area (TPSA) is 117 Å². The molecule has 4 N–H and O–H groups in total. The van der Waals surface area contributed by atoms with Crippen LogP contribution in [0.4, 0.5) is 4.79 Å². The predicted octanol–water partition coefficient (Wildman–Crippen LogP) is 2.22. The van der Waals surface area contributed by atoms with Gasteiger partial charge in [0, 0.05) is 30.6 Å². The number of fused-ring (bicyclic) bond motifs is 1. The fourth-order valence-corrected chi connectivity index (χ4v) is 5.42. The van der Waals surface area contributed by atoms with Gasteiger partial charge >= 0.3 is 13.6 Å². The smallest absolute Gasteiger partial charge is 0.325 e. The molecule has 8 nitrogen and oxygen atoms in total. The molecule has 0 saturated carbocycles. The van der Waals surface area contributed by atoms with Crippen molar-refractivity contribution in [2.45, 2.75) is 68.7 Å². The van der Waals surface area contributed by atoms with Crippen LogP contribution in [0.25, 0.3) is 0 Å². The number of unbranched alkanes of at least 4 members (excludes halogenated alkanes) is 4. The Morgan fingerprint density at radius 3 is 2.81 bits per heavy atom. The molecule has 4 atom stereocenters. The number of urea groups is 1. The third-order valence-electron chi connectivity index (χ3n) is 4.80. The average molecular weight is 422 g/mol. The van der Waals surface area contributed by atoms with E-state index in [2.05, 4.69) is 16.0 Å². The number of amides is 3. The van der Waals surface area contributed by atoms with E-state index in [0.29, 0.717) is 24.8 Å². The molecule has 0 aliphatic carbocycles. The van der Waals surface area contributed by atoms with Crippen molar-refractivity contribution in [1.29, 1.82) is 0 Å². The Bertz CT molecular complexity index is 545. The van der Waals surface area contributed by atoms with E-state index in [1.54, 1.807) is 0 Å². The Balaban J connectivity index is 1.40. The molecule has 0 radical (unpaired) electrons. The molecule has 3 amide bonds. The quantitative estimate of drug-likeness (QED) is 0.206. The fraction of sp³-hybridized carbons (Fsp3) is 0.882. The Labute approximate surface area is 165 Å². The van der Waals surface area contributed by atoms with Crippen LogP contribution in [0.2, 0.25) is 0 Å². The summed E-state index contributed by atoms with van der Waals surface area (Å²) in [5, 5.41) is 9.33. The molecule has 10 heteroatoms. The molecule has 4 unspecified atom stereocenters. The molecule has 0 aromatic rings. The molecule has 2 aliphatic rings. The summed E-state index contributed by atoms with van der Waals surface area (Å²) in [6.45, 7) is 2.17. The predicted molar refractivity (Wildman–Crippen MR) is 107 cm³/mol. The van der Waals surface area contributed by atoms with E-state index in [-0.39, 0.29) is 24.0 Å². The lowest BCUT2D eigenvalue weighted by atomic mass is 10.0. The molecule has 0 bridgehead atoms. The lowest BCUT2D eigenvalue weighted by Crippen LogP contribution is -2.36.